The third-order valence-corrected chi connectivity index (χ3v) is 5.64. The first-order valence-corrected chi connectivity index (χ1v) is 10.2. The molecule has 0 bridgehead atoms. The Kier molecular flexibility index (Phi) is 7.64. The van der Waals surface area contributed by atoms with E-state index in [9.17, 15) is 4.79 Å². The molecule has 3 unspecified atom stereocenters. The molecule has 0 aromatic heterocycles. The van der Waals surface area contributed by atoms with Crippen molar-refractivity contribution in [2.75, 3.05) is 46.9 Å². The number of ether oxygens (including phenoxy) is 1. The number of likely N-dealkylation sites (N-methyl/N-ethyl adjacent to an activating group) is 1. The molecule has 1 aliphatic carbocycles. The molecule has 1 aromatic rings. The highest BCUT2D eigenvalue weighted by molar-refractivity contribution is 5.94. The second kappa shape index (κ2) is 10.2. The molecule has 27 heavy (non-hydrogen) atoms. The van der Waals surface area contributed by atoms with Gasteiger partial charge in [0.15, 0.2) is 0 Å². The van der Waals surface area contributed by atoms with Gasteiger partial charge in [0.05, 0.1) is 13.2 Å². The Morgan fingerprint density at radius 1 is 1.33 bits per heavy atom. The second-order valence-electron chi connectivity index (χ2n) is 7.98. The van der Waals surface area contributed by atoms with E-state index in [0.29, 0.717) is 24.5 Å². The smallest absolute Gasteiger partial charge is 0.251 e. The fourth-order valence-electron chi connectivity index (χ4n) is 4.15. The van der Waals surface area contributed by atoms with Gasteiger partial charge in [-0.05, 0) is 50.6 Å². The number of carbonyl (C=O) groups is 1. The van der Waals surface area contributed by atoms with Gasteiger partial charge >= 0.3 is 0 Å². The molecular formula is C21H34N4O2. The van der Waals surface area contributed by atoms with E-state index in [-0.39, 0.29) is 5.91 Å². The van der Waals surface area contributed by atoms with Crippen LogP contribution in [-0.2, 0) is 11.3 Å². The Morgan fingerprint density at radius 2 is 2.22 bits per heavy atom. The first-order valence-electron chi connectivity index (χ1n) is 10.2. The third-order valence-electron chi connectivity index (χ3n) is 5.64. The highest BCUT2D eigenvalue weighted by Crippen LogP contribution is 2.29. The van der Waals surface area contributed by atoms with Crippen molar-refractivity contribution < 1.29 is 9.53 Å². The summed E-state index contributed by atoms with van der Waals surface area (Å²) in [4.78, 5) is 14.4. The highest BCUT2D eigenvalue weighted by atomic mass is 16.5. The number of benzene rings is 1. The van der Waals surface area contributed by atoms with E-state index < -0.39 is 0 Å². The molecule has 1 aliphatic heterocycles. The van der Waals surface area contributed by atoms with Gasteiger partial charge in [0.1, 0.15) is 0 Å². The van der Waals surface area contributed by atoms with Crippen molar-refractivity contribution in [3.05, 3.63) is 35.4 Å². The number of nitrogens with zero attached hydrogens (tertiary/aromatic N) is 1. The van der Waals surface area contributed by atoms with Crippen molar-refractivity contribution in [1.29, 1.82) is 0 Å². The van der Waals surface area contributed by atoms with Gasteiger partial charge in [0.25, 0.3) is 5.91 Å². The van der Waals surface area contributed by atoms with Crippen LogP contribution in [0, 0.1) is 5.92 Å². The summed E-state index contributed by atoms with van der Waals surface area (Å²) in [5, 5.41) is 10.3. The molecule has 1 aromatic carbocycles. The standard InChI is InChI=1S/C21H34N4O2/c1-25(2)11-9-23-21(26)17-6-3-5-16(13-17)14-24-19-8-4-7-18(19)20-15-27-12-10-22-20/h3,5-6,13,18-20,22,24H,4,7-12,14-15H2,1-2H3,(H,23,26). The fourth-order valence-corrected chi connectivity index (χ4v) is 4.15. The number of nitrogens with one attached hydrogen (secondary N) is 3. The van der Waals surface area contributed by atoms with Crippen LogP contribution in [-0.4, -0.2) is 69.8 Å². The summed E-state index contributed by atoms with van der Waals surface area (Å²) >= 11 is 0. The number of carbonyl (C=O) groups excluding carboxylic acids is 1. The molecule has 1 saturated carbocycles. The average molecular weight is 375 g/mol. The molecule has 2 aliphatic rings. The molecule has 150 valence electrons. The monoisotopic (exact) mass is 374 g/mol. The maximum Gasteiger partial charge on any atom is 0.251 e. The van der Waals surface area contributed by atoms with Crippen molar-refractivity contribution in [2.45, 2.75) is 37.9 Å². The Bertz CT molecular complexity index is 602. The van der Waals surface area contributed by atoms with E-state index >= 15 is 0 Å². The topological polar surface area (TPSA) is 65.6 Å². The summed E-state index contributed by atoms with van der Waals surface area (Å²) in [6.07, 6.45) is 3.75. The van der Waals surface area contributed by atoms with Crippen LogP contribution in [0.3, 0.4) is 0 Å². The fraction of sp³-hybridized carbons (Fsp3) is 0.667. The molecule has 3 rings (SSSR count). The molecule has 0 spiro atoms. The lowest BCUT2D eigenvalue weighted by molar-refractivity contribution is 0.0524. The number of rotatable bonds is 8. The van der Waals surface area contributed by atoms with Gasteiger partial charge in [0, 0.05) is 43.8 Å². The van der Waals surface area contributed by atoms with Gasteiger partial charge in [-0.25, -0.2) is 0 Å². The first kappa shape index (κ1) is 20.3. The van der Waals surface area contributed by atoms with Crippen molar-refractivity contribution in [2.24, 2.45) is 5.92 Å². The van der Waals surface area contributed by atoms with Crippen LogP contribution in [0.15, 0.2) is 24.3 Å². The van der Waals surface area contributed by atoms with Crippen molar-refractivity contribution in [3.8, 4) is 0 Å². The molecule has 1 amide bonds. The van der Waals surface area contributed by atoms with E-state index in [4.69, 9.17) is 4.74 Å². The van der Waals surface area contributed by atoms with Crippen LogP contribution in [0.4, 0.5) is 0 Å². The molecule has 3 atom stereocenters. The summed E-state index contributed by atoms with van der Waals surface area (Å²) in [7, 11) is 4.01. The van der Waals surface area contributed by atoms with Crippen LogP contribution in [0.25, 0.3) is 0 Å². The van der Waals surface area contributed by atoms with Crippen LogP contribution < -0.4 is 16.0 Å². The maximum absolute atomic E-state index is 12.3. The van der Waals surface area contributed by atoms with Gasteiger partial charge in [-0.2, -0.15) is 0 Å². The number of amides is 1. The highest BCUT2D eigenvalue weighted by Gasteiger charge is 2.34. The lowest BCUT2D eigenvalue weighted by Crippen LogP contribution is -2.50. The Balaban J connectivity index is 1.51. The van der Waals surface area contributed by atoms with Crippen molar-refractivity contribution >= 4 is 5.91 Å². The lowest BCUT2D eigenvalue weighted by atomic mass is 9.94. The zero-order valence-electron chi connectivity index (χ0n) is 16.7. The van der Waals surface area contributed by atoms with Crippen LogP contribution in [0.1, 0.15) is 35.2 Å². The van der Waals surface area contributed by atoms with E-state index in [2.05, 4.69) is 26.9 Å². The summed E-state index contributed by atoms with van der Waals surface area (Å²) in [6.45, 7) is 4.91. The largest absolute Gasteiger partial charge is 0.379 e. The Morgan fingerprint density at radius 3 is 3.00 bits per heavy atom. The maximum atomic E-state index is 12.3. The van der Waals surface area contributed by atoms with Gasteiger partial charge in [-0.3, -0.25) is 4.79 Å². The van der Waals surface area contributed by atoms with Gasteiger partial charge in [-0.1, -0.05) is 18.6 Å². The molecular weight excluding hydrogens is 340 g/mol. The number of hydrogen-bond donors (Lipinski definition) is 3. The first-order chi connectivity index (χ1) is 13.1. The Labute approximate surface area is 163 Å². The third kappa shape index (κ3) is 6.01. The molecule has 6 heteroatoms. The van der Waals surface area contributed by atoms with Crippen LogP contribution in [0.2, 0.25) is 0 Å². The average Bonchev–Trinajstić information content (AvgIpc) is 3.15. The molecule has 1 heterocycles. The molecule has 6 nitrogen and oxygen atoms in total. The minimum Gasteiger partial charge on any atom is -0.379 e. The Hall–Kier alpha value is -1.47. The summed E-state index contributed by atoms with van der Waals surface area (Å²) in [5.41, 5.74) is 1.90. The van der Waals surface area contributed by atoms with Gasteiger partial charge in [-0.15, -0.1) is 0 Å². The van der Waals surface area contributed by atoms with Crippen LogP contribution >= 0.6 is 0 Å². The summed E-state index contributed by atoms with van der Waals surface area (Å²) < 4.78 is 5.66. The van der Waals surface area contributed by atoms with Gasteiger partial charge in [0.2, 0.25) is 0 Å². The number of hydrogen-bond acceptors (Lipinski definition) is 5. The van der Waals surface area contributed by atoms with E-state index in [1.54, 1.807) is 0 Å². The van der Waals surface area contributed by atoms with Crippen LogP contribution in [0.5, 0.6) is 0 Å². The van der Waals surface area contributed by atoms with Crippen molar-refractivity contribution in [1.82, 2.24) is 20.9 Å². The quantitative estimate of drug-likeness (QED) is 0.639. The second-order valence-corrected chi connectivity index (χ2v) is 7.98. The summed E-state index contributed by atoms with van der Waals surface area (Å²) in [6, 6.07) is 8.94. The van der Waals surface area contributed by atoms with Crippen molar-refractivity contribution in [3.63, 3.8) is 0 Å². The van der Waals surface area contributed by atoms with E-state index in [0.717, 1.165) is 44.0 Å². The predicted molar refractivity (Wildman–Crippen MR) is 108 cm³/mol. The zero-order valence-corrected chi connectivity index (χ0v) is 16.7. The SMILES string of the molecule is CN(C)CCNC(=O)c1cccc(CNC2CCCC2C2COCCN2)c1. The molecule has 1 saturated heterocycles. The lowest BCUT2D eigenvalue weighted by Gasteiger charge is -2.33. The molecule has 3 N–H and O–H groups in total. The molecule has 2 fully saturated rings. The minimum atomic E-state index is 0.000923. The minimum absolute atomic E-state index is 0.000923. The van der Waals surface area contributed by atoms with E-state index in [1.807, 2.05) is 32.3 Å². The zero-order chi connectivity index (χ0) is 19.1. The predicted octanol–water partition coefficient (Wildman–Crippen LogP) is 1.22. The number of morpholine rings is 1. The summed E-state index contributed by atoms with van der Waals surface area (Å²) in [5.74, 6) is 0.629. The van der Waals surface area contributed by atoms with Gasteiger partial charge < -0.3 is 25.6 Å². The van der Waals surface area contributed by atoms with E-state index in [1.165, 1.54) is 19.3 Å². The normalized spacial score (nSPS) is 25.7. The molecule has 0 radical (unpaired) electrons.